The maximum Gasteiger partial charge on any atom is 0.303 e. The van der Waals surface area contributed by atoms with Gasteiger partial charge in [-0.05, 0) is 44.1 Å². The fourth-order valence-corrected chi connectivity index (χ4v) is 3.58. The van der Waals surface area contributed by atoms with Crippen molar-refractivity contribution in [3.63, 3.8) is 0 Å². The van der Waals surface area contributed by atoms with Crippen LogP contribution < -0.4 is 4.90 Å². The lowest BCUT2D eigenvalue weighted by Gasteiger charge is -2.29. The molecule has 2 aliphatic heterocycles. The van der Waals surface area contributed by atoms with E-state index in [-0.39, 0.29) is 18.2 Å². The first-order valence-electron chi connectivity index (χ1n) is 7.85. The SMILES string of the molecule is CN1CC[C@@H]2C(=O)N(c3ccc(CCC(=O)O)cc3)C[C@@H]2C1. The lowest BCUT2D eigenvalue weighted by atomic mass is 9.88. The predicted molar refractivity (Wildman–Crippen MR) is 83.8 cm³/mol. The van der Waals surface area contributed by atoms with Gasteiger partial charge in [0, 0.05) is 37.0 Å². The molecule has 2 fully saturated rings. The number of amides is 1. The van der Waals surface area contributed by atoms with Crippen LogP contribution in [-0.4, -0.2) is 48.6 Å². The summed E-state index contributed by atoms with van der Waals surface area (Å²) in [7, 11) is 2.11. The van der Waals surface area contributed by atoms with Gasteiger partial charge in [0.05, 0.1) is 0 Å². The second-order valence-corrected chi connectivity index (χ2v) is 6.43. The number of piperidine rings is 1. The number of aryl methyl sites for hydroxylation is 1. The van der Waals surface area contributed by atoms with Crippen LogP contribution in [0.1, 0.15) is 18.4 Å². The number of fused-ring (bicyclic) bond motifs is 1. The first-order valence-corrected chi connectivity index (χ1v) is 7.85. The molecule has 2 heterocycles. The summed E-state index contributed by atoms with van der Waals surface area (Å²) >= 11 is 0. The smallest absolute Gasteiger partial charge is 0.303 e. The molecule has 3 rings (SSSR count). The van der Waals surface area contributed by atoms with Crippen LogP contribution in [0.15, 0.2) is 24.3 Å². The van der Waals surface area contributed by atoms with Crippen LogP contribution in [0.2, 0.25) is 0 Å². The minimum Gasteiger partial charge on any atom is -0.481 e. The number of carbonyl (C=O) groups excluding carboxylic acids is 1. The Hall–Kier alpha value is -1.88. The summed E-state index contributed by atoms with van der Waals surface area (Å²) in [6.45, 7) is 2.78. The van der Waals surface area contributed by atoms with E-state index in [1.807, 2.05) is 29.2 Å². The van der Waals surface area contributed by atoms with Crippen molar-refractivity contribution in [2.45, 2.75) is 19.3 Å². The molecule has 2 aliphatic rings. The number of benzene rings is 1. The van der Waals surface area contributed by atoms with Crippen molar-refractivity contribution in [3.8, 4) is 0 Å². The zero-order valence-electron chi connectivity index (χ0n) is 12.9. The van der Waals surface area contributed by atoms with E-state index in [9.17, 15) is 9.59 Å². The van der Waals surface area contributed by atoms with Gasteiger partial charge in [0.15, 0.2) is 0 Å². The molecule has 2 saturated heterocycles. The van der Waals surface area contributed by atoms with Gasteiger partial charge in [-0.25, -0.2) is 0 Å². The average Bonchev–Trinajstić information content (AvgIpc) is 2.82. The Kier molecular flexibility index (Phi) is 4.16. The van der Waals surface area contributed by atoms with Crippen LogP contribution in [0.4, 0.5) is 5.69 Å². The number of hydrogen-bond donors (Lipinski definition) is 1. The molecular weight excluding hydrogens is 280 g/mol. The summed E-state index contributed by atoms with van der Waals surface area (Å²) in [5.41, 5.74) is 1.93. The summed E-state index contributed by atoms with van der Waals surface area (Å²) in [6, 6.07) is 7.74. The second kappa shape index (κ2) is 6.08. The van der Waals surface area contributed by atoms with E-state index in [4.69, 9.17) is 5.11 Å². The van der Waals surface area contributed by atoms with E-state index >= 15 is 0 Å². The quantitative estimate of drug-likeness (QED) is 0.918. The van der Waals surface area contributed by atoms with E-state index in [2.05, 4.69) is 11.9 Å². The Morgan fingerprint density at radius 1 is 1.27 bits per heavy atom. The Morgan fingerprint density at radius 3 is 2.68 bits per heavy atom. The molecule has 1 amide bonds. The van der Waals surface area contributed by atoms with E-state index in [0.29, 0.717) is 12.3 Å². The molecule has 0 radical (unpaired) electrons. The molecule has 0 aromatic heterocycles. The first-order chi connectivity index (χ1) is 10.5. The molecule has 0 bridgehead atoms. The zero-order valence-corrected chi connectivity index (χ0v) is 12.9. The van der Waals surface area contributed by atoms with Gasteiger partial charge in [-0.1, -0.05) is 12.1 Å². The van der Waals surface area contributed by atoms with Crippen molar-refractivity contribution in [3.05, 3.63) is 29.8 Å². The monoisotopic (exact) mass is 302 g/mol. The van der Waals surface area contributed by atoms with Gasteiger partial charge in [0.2, 0.25) is 5.91 Å². The van der Waals surface area contributed by atoms with Gasteiger partial charge in [0.25, 0.3) is 0 Å². The lowest BCUT2D eigenvalue weighted by Crippen LogP contribution is -2.38. The predicted octanol–water partition coefficient (Wildman–Crippen LogP) is 1.62. The molecule has 0 spiro atoms. The molecular formula is C17H22N2O3. The first kappa shape index (κ1) is 15.0. The van der Waals surface area contributed by atoms with Crippen LogP contribution in [-0.2, 0) is 16.0 Å². The average molecular weight is 302 g/mol. The van der Waals surface area contributed by atoms with Crippen molar-refractivity contribution in [1.29, 1.82) is 0 Å². The van der Waals surface area contributed by atoms with Gasteiger partial charge in [0.1, 0.15) is 0 Å². The van der Waals surface area contributed by atoms with E-state index in [0.717, 1.165) is 37.3 Å². The van der Waals surface area contributed by atoms with Crippen molar-refractivity contribution in [2.75, 3.05) is 31.6 Å². The largest absolute Gasteiger partial charge is 0.481 e. The number of rotatable bonds is 4. The number of hydrogen-bond acceptors (Lipinski definition) is 3. The Morgan fingerprint density at radius 2 is 2.00 bits per heavy atom. The number of carboxylic acids is 1. The van der Waals surface area contributed by atoms with Gasteiger partial charge < -0.3 is 14.9 Å². The molecule has 5 heteroatoms. The lowest BCUT2D eigenvalue weighted by molar-refractivity contribution is -0.137. The molecule has 1 aromatic carbocycles. The molecule has 118 valence electrons. The molecule has 1 N–H and O–H groups in total. The fraction of sp³-hybridized carbons (Fsp3) is 0.529. The number of anilines is 1. The normalized spacial score (nSPS) is 25.3. The van der Waals surface area contributed by atoms with Gasteiger partial charge >= 0.3 is 5.97 Å². The van der Waals surface area contributed by atoms with Gasteiger partial charge in [-0.15, -0.1) is 0 Å². The molecule has 0 unspecified atom stereocenters. The number of carboxylic acid groups (broad SMARTS) is 1. The molecule has 5 nitrogen and oxygen atoms in total. The number of nitrogens with zero attached hydrogens (tertiary/aromatic N) is 2. The third kappa shape index (κ3) is 2.99. The van der Waals surface area contributed by atoms with Crippen molar-refractivity contribution in [2.24, 2.45) is 11.8 Å². The highest BCUT2D eigenvalue weighted by atomic mass is 16.4. The van der Waals surface area contributed by atoms with Gasteiger partial charge in [-0.3, -0.25) is 9.59 Å². The van der Waals surface area contributed by atoms with Crippen LogP contribution in [0.25, 0.3) is 0 Å². The summed E-state index contributed by atoms with van der Waals surface area (Å²) in [4.78, 5) is 27.4. The van der Waals surface area contributed by atoms with E-state index in [1.165, 1.54) is 0 Å². The zero-order chi connectivity index (χ0) is 15.7. The van der Waals surface area contributed by atoms with Crippen LogP contribution in [0, 0.1) is 11.8 Å². The number of aliphatic carboxylic acids is 1. The second-order valence-electron chi connectivity index (χ2n) is 6.43. The highest BCUT2D eigenvalue weighted by Gasteiger charge is 2.43. The molecule has 0 aliphatic carbocycles. The minimum atomic E-state index is -0.785. The molecule has 0 saturated carbocycles. The highest BCUT2D eigenvalue weighted by molar-refractivity contribution is 5.97. The third-order valence-electron chi connectivity index (χ3n) is 4.81. The highest BCUT2D eigenvalue weighted by Crippen LogP contribution is 2.34. The summed E-state index contributed by atoms with van der Waals surface area (Å²) in [5, 5.41) is 8.72. The molecule has 2 atom stereocenters. The maximum absolute atomic E-state index is 12.6. The molecule has 22 heavy (non-hydrogen) atoms. The van der Waals surface area contributed by atoms with Crippen molar-refractivity contribution < 1.29 is 14.7 Å². The number of likely N-dealkylation sites (tertiary alicyclic amines) is 1. The van der Waals surface area contributed by atoms with Gasteiger partial charge in [-0.2, -0.15) is 0 Å². The topological polar surface area (TPSA) is 60.9 Å². The van der Waals surface area contributed by atoms with Crippen LogP contribution in [0.5, 0.6) is 0 Å². The maximum atomic E-state index is 12.6. The van der Waals surface area contributed by atoms with E-state index < -0.39 is 5.97 Å². The summed E-state index contributed by atoms with van der Waals surface area (Å²) in [6.07, 6.45) is 1.62. The van der Waals surface area contributed by atoms with Crippen molar-refractivity contribution in [1.82, 2.24) is 4.90 Å². The Balaban J connectivity index is 1.69. The molecule has 1 aromatic rings. The Labute approximate surface area is 130 Å². The van der Waals surface area contributed by atoms with Crippen LogP contribution >= 0.6 is 0 Å². The van der Waals surface area contributed by atoms with Crippen LogP contribution in [0.3, 0.4) is 0 Å². The summed E-state index contributed by atoms with van der Waals surface area (Å²) in [5.74, 6) is 0.0594. The standard InChI is InChI=1S/C17H22N2O3/c1-18-9-8-15-13(10-18)11-19(17(15)22)14-5-2-12(3-6-14)4-7-16(20)21/h2-3,5-6,13,15H,4,7-11H2,1H3,(H,20,21)/t13-,15-/m0/s1. The number of carbonyl (C=O) groups is 2. The van der Waals surface area contributed by atoms with Crippen molar-refractivity contribution >= 4 is 17.6 Å². The summed E-state index contributed by atoms with van der Waals surface area (Å²) < 4.78 is 0. The Bertz CT molecular complexity index is 570. The minimum absolute atomic E-state index is 0.137. The third-order valence-corrected chi connectivity index (χ3v) is 4.81. The fourth-order valence-electron chi connectivity index (χ4n) is 3.58. The van der Waals surface area contributed by atoms with E-state index in [1.54, 1.807) is 0 Å².